The van der Waals surface area contributed by atoms with Crippen LogP contribution < -0.4 is 0 Å². The average Bonchev–Trinajstić information content (AvgIpc) is 3.66. The molecule has 182 valence electrons. The molecule has 39 heavy (non-hydrogen) atoms. The molecule has 9 rings (SSSR count). The SMILES string of the molecule is c1ccc(-c2nc(-n3c4ccccc4c4ccc5c6ccccc6oc5c43)nc3oc4ccccc4c23)cc1. The number of hydrogen-bond acceptors (Lipinski definition) is 4. The molecule has 0 saturated carbocycles. The largest absolute Gasteiger partial charge is 0.454 e. The fraction of sp³-hybridized carbons (Fsp3) is 0. The molecule has 0 amide bonds. The monoisotopic (exact) mass is 501 g/mol. The lowest BCUT2D eigenvalue weighted by molar-refractivity contribution is 0.651. The zero-order valence-electron chi connectivity index (χ0n) is 20.6. The Hall–Kier alpha value is -5.42. The van der Waals surface area contributed by atoms with E-state index < -0.39 is 0 Å². The molecule has 0 aliphatic heterocycles. The van der Waals surface area contributed by atoms with E-state index in [9.17, 15) is 0 Å². The Morgan fingerprint density at radius 2 is 1.18 bits per heavy atom. The van der Waals surface area contributed by atoms with E-state index in [4.69, 9.17) is 18.8 Å². The van der Waals surface area contributed by atoms with Crippen LogP contribution in [0.3, 0.4) is 0 Å². The molecule has 4 aromatic heterocycles. The second-order valence-electron chi connectivity index (χ2n) is 9.81. The lowest BCUT2D eigenvalue weighted by Gasteiger charge is -2.09. The number of furan rings is 2. The van der Waals surface area contributed by atoms with Gasteiger partial charge in [-0.15, -0.1) is 0 Å². The van der Waals surface area contributed by atoms with Gasteiger partial charge >= 0.3 is 0 Å². The molecule has 9 aromatic rings. The van der Waals surface area contributed by atoms with Crippen LogP contribution in [0.15, 0.2) is 124 Å². The summed E-state index contributed by atoms with van der Waals surface area (Å²) in [6.45, 7) is 0. The normalized spacial score (nSPS) is 12.1. The van der Waals surface area contributed by atoms with Gasteiger partial charge in [-0.3, -0.25) is 4.57 Å². The van der Waals surface area contributed by atoms with E-state index in [1.807, 2.05) is 60.7 Å². The van der Waals surface area contributed by atoms with E-state index in [1.165, 1.54) is 0 Å². The predicted octanol–water partition coefficient (Wildman–Crippen LogP) is 9.04. The van der Waals surface area contributed by atoms with Gasteiger partial charge in [-0.05, 0) is 24.3 Å². The average molecular weight is 502 g/mol. The summed E-state index contributed by atoms with van der Waals surface area (Å²) in [5.74, 6) is 0.541. The van der Waals surface area contributed by atoms with Crippen LogP contribution in [-0.2, 0) is 0 Å². The maximum atomic E-state index is 6.51. The summed E-state index contributed by atoms with van der Waals surface area (Å²) in [6.07, 6.45) is 0. The van der Waals surface area contributed by atoms with Gasteiger partial charge in [-0.1, -0.05) is 91.0 Å². The van der Waals surface area contributed by atoms with Crippen LogP contribution in [-0.4, -0.2) is 14.5 Å². The lowest BCUT2D eigenvalue weighted by atomic mass is 10.1. The van der Waals surface area contributed by atoms with Crippen molar-refractivity contribution in [3.63, 3.8) is 0 Å². The van der Waals surface area contributed by atoms with Gasteiger partial charge in [0.15, 0.2) is 5.58 Å². The molecule has 0 spiro atoms. The number of aromatic nitrogens is 3. The summed E-state index contributed by atoms with van der Waals surface area (Å²) in [5, 5.41) is 6.27. The summed E-state index contributed by atoms with van der Waals surface area (Å²) >= 11 is 0. The van der Waals surface area contributed by atoms with Crippen LogP contribution in [0.2, 0.25) is 0 Å². The van der Waals surface area contributed by atoms with Crippen LogP contribution in [0.1, 0.15) is 0 Å². The lowest BCUT2D eigenvalue weighted by Crippen LogP contribution is -2.03. The van der Waals surface area contributed by atoms with Gasteiger partial charge in [0.2, 0.25) is 11.7 Å². The molecular weight excluding hydrogens is 482 g/mol. The van der Waals surface area contributed by atoms with Crippen molar-refractivity contribution in [2.45, 2.75) is 0 Å². The minimum Gasteiger partial charge on any atom is -0.454 e. The van der Waals surface area contributed by atoms with Crippen LogP contribution >= 0.6 is 0 Å². The quantitative estimate of drug-likeness (QED) is 0.237. The van der Waals surface area contributed by atoms with Crippen LogP contribution in [0, 0.1) is 0 Å². The van der Waals surface area contributed by atoms with E-state index in [-0.39, 0.29) is 0 Å². The van der Waals surface area contributed by atoms with Gasteiger partial charge in [0.25, 0.3) is 0 Å². The summed E-state index contributed by atoms with van der Waals surface area (Å²) < 4.78 is 15.0. The molecule has 5 aromatic carbocycles. The molecule has 0 aliphatic carbocycles. The van der Waals surface area contributed by atoms with E-state index in [2.05, 4.69) is 59.2 Å². The number of nitrogens with zero attached hydrogens (tertiary/aromatic N) is 3. The van der Waals surface area contributed by atoms with Gasteiger partial charge in [0, 0.05) is 32.5 Å². The summed E-state index contributed by atoms with van der Waals surface area (Å²) in [4.78, 5) is 10.3. The van der Waals surface area contributed by atoms with Crippen LogP contribution in [0.4, 0.5) is 0 Å². The Bertz CT molecular complexity index is 2390. The second kappa shape index (κ2) is 7.55. The van der Waals surface area contributed by atoms with Crippen molar-refractivity contribution in [3.05, 3.63) is 115 Å². The zero-order valence-corrected chi connectivity index (χ0v) is 20.6. The van der Waals surface area contributed by atoms with E-state index >= 15 is 0 Å². The van der Waals surface area contributed by atoms with Gasteiger partial charge in [-0.25, -0.2) is 4.98 Å². The first kappa shape index (κ1) is 20.6. The summed E-state index contributed by atoms with van der Waals surface area (Å²) in [7, 11) is 0. The van der Waals surface area contributed by atoms with Crippen molar-refractivity contribution in [1.82, 2.24) is 14.5 Å². The molecule has 0 N–H and O–H groups in total. The highest BCUT2D eigenvalue weighted by atomic mass is 16.3. The third kappa shape index (κ3) is 2.79. The maximum absolute atomic E-state index is 6.51. The standard InChI is InChI=1S/C34H19N3O2/c1-2-10-20(11-3-1)30-29-25-14-6-9-17-28(25)39-33(29)36-34(35-30)37-26-15-7-4-12-21(26)23-18-19-24-22-13-5-8-16-27(22)38-32(24)31(23)37/h1-19H. The Kier molecular flexibility index (Phi) is 3.99. The van der Waals surface area contributed by atoms with Crippen molar-refractivity contribution < 1.29 is 8.83 Å². The smallest absolute Gasteiger partial charge is 0.238 e. The van der Waals surface area contributed by atoms with Crippen molar-refractivity contribution in [3.8, 4) is 17.2 Å². The molecule has 0 saturated heterocycles. The molecule has 5 nitrogen and oxygen atoms in total. The van der Waals surface area contributed by atoms with Crippen molar-refractivity contribution in [2.75, 3.05) is 0 Å². The number of rotatable bonds is 2. The van der Waals surface area contributed by atoms with Gasteiger partial charge in [0.05, 0.1) is 16.6 Å². The molecule has 4 heterocycles. The summed E-state index contributed by atoms with van der Waals surface area (Å²) in [5.41, 5.74) is 6.82. The minimum absolute atomic E-state index is 0.541. The Morgan fingerprint density at radius 3 is 2.03 bits per heavy atom. The molecule has 0 atom stereocenters. The van der Waals surface area contributed by atoms with Crippen LogP contribution in [0.25, 0.3) is 83.0 Å². The Labute approximate surface area is 221 Å². The number of para-hydroxylation sites is 3. The minimum atomic E-state index is 0.541. The predicted molar refractivity (Wildman–Crippen MR) is 156 cm³/mol. The van der Waals surface area contributed by atoms with Crippen molar-refractivity contribution >= 4 is 65.8 Å². The van der Waals surface area contributed by atoms with Gasteiger partial charge < -0.3 is 8.83 Å². The molecule has 5 heteroatoms. The van der Waals surface area contributed by atoms with E-state index in [0.29, 0.717) is 11.7 Å². The van der Waals surface area contributed by atoms with Gasteiger partial charge in [-0.2, -0.15) is 4.98 Å². The molecule has 0 unspecified atom stereocenters. The highest BCUT2D eigenvalue weighted by Crippen LogP contribution is 2.41. The van der Waals surface area contributed by atoms with E-state index in [0.717, 1.165) is 71.4 Å². The molecule has 0 fully saturated rings. The highest BCUT2D eigenvalue weighted by Gasteiger charge is 2.23. The fourth-order valence-electron chi connectivity index (χ4n) is 5.96. The van der Waals surface area contributed by atoms with Crippen molar-refractivity contribution in [2.24, 2.45) is 0 Å². The Morgan fingerprint density at radius 1 is 0.513 bits per heavy atom. The third-order valence-corrected chi connectivity index (χ3v) is 7.65. The Balaban J connectivity index is 1.48. The highest BCUT2D eigenvalue weighted by molar-refractivity contribution is 6.21. The second-order valence-corrected chi connectivity index (χ2v) is 9.81. The number of fused-ring (bicyclic) bond motifs is 10. The first-order valence-corrected chi connectivity index (χ1v) is 12.9. The number of benzene rings is 5. The van der Waals surface area contributed by atoms with E-state index in [1.54, 1.807) is 0 Å². The topological polar surface area (TPSA) is 57.0 Å². The molecule has 0 aliphatic rings. The first-order valence-electron chi connectivity index (χ1n) is 12.9. The van der Waals surface area contributed by atoms with Crippen LogP contribution in [0.5, 0.6) is 0 Å². The van der Waals surface area contributed by atoms with Gasteiger partial charge in [0.1, 0.15) is 16.7 Å². The molecule has 0 radical (unpaired) electrons. The summed E-state index contributed by atoms with van der Waals surface area (Å²) in [6, 6.07) is 39.1. The molecule has 0 bridgehead atoms. The first-order chi connectivity index (χ1) is 19.3. The van der Waals surface area contributed by atoms with Crippen molar-refractivity contribution in [1.29, 1.82) is 0 Å². The maximum Gasteiger partial charge on any atom is 0.238 e. The third-order valence-electron chi connectivity index (χ3n) is 7.65. The molecular formula is C34H19N3O2. The zero-order chi connectivity index (χ0) is 25.5. The number of hydrogen-bond donors (Lipinski definition) is 0. The fourth-order valence-corrected chi connectivity index (χ4v) is 5.96.